The van der Waals surface area contributed by atoms with Gasteiger partial charge in [0.05, 0.1) is 0 Å². The SMILES string of the molecule is Cc1ccc(C(=O)N2CCN(C3CCCCC3)CC2)cc1C. The monoisotopic (exact) mass is 300 g/mol. The molecule has 120 valence electrons. The second-order valence-electron chi connectivity index (χ2n) is 6.92. The van der Waals surface area contributed by atoms with E-state index in [2.05, 4.69) is 24.8 Å². The minimum Gasteiger partial charge on any atom is -0.336 e. The summed E-state index contributed by atoms with van der Waals surface area (Å²) in [5, 5.41) is 0. The Morgan fingerprint density at radius 1 is 0.955 bits per heavy atom. The summed E-state index contributed by atoms with van der Waals surface area (Å²) in [6.45, 7) is 8.01. The van der Waals surface area contributed by atoms with Crippen LogP contribution < -0.4 is 0 Å². The lowest BCUT2D eigenvalue weighted by molar-refractivity contribution is 0.0523. The van der Waals surface area contributed by atoms with E-state index in [9.17, 15) is 4.79 Å². The number of nitrogens with zero attached hydrogens (tertiary/aromatic N) is 2. The average Bonchev–Trinajstić information content (AvgIpc) is 2.58. The predicted octanol–water partition coefficient (Wildman–Crippen LogP) is 3.39. The highest BCUT2D eigenvalue weighted by Crippen LogP contribution is 2.24. The Kier molecular flexibility index (Phi) is 4.82. The fraction of sp³-hybridized carbons (Fsp3) is 0.632. The van der Waals surface area contributed by atoms with Crippen molar-refractivity contribution in [1.82, 2.24) is 9.80 Å². The van der Waals surface area contributed by atoms with Gasteiger partial charge in [-0.05, 0) is 49.9 Å². The van der Waals surface area contributed by atoms with Crippen molar-refractivity contribution in [1.29, 1.82) is 0 Å². The first-order valence-electron chi connectivity index (χ1n) is 8.76. The van der Waals surface area contributed by atoms with Crippen LogP contribution in [0.4, 0.5) is 0 Å². The van der Waals surface area contributed by atoms with E-state index in [1.165, 1.54) is 43.2 Å². The molecule has 3 nitrogen and oxygen atoms in total. The normalized spacial score (nSPS) is 21.1. The van der Waals surface area contributed by atoms with E-state index in [4.69, 9.17) is 0 Å². The van der Waals surface area contributed by atoms with Crippen molar-refractivity contribution in [2.75, 3.05) is 26.2 Å². The summed E-state index contributed by atoms with van der Waals surface area (Å²) >= 11 is 0. The molecule has 1 amide bonds. The second kappa shape index (κ2) is 6.82. The molecule has 2 aliphatic rings. The number of hydrogen-bond donors (Lipinski definition) is 0. The molecule has 0 radical (unpaired) electrons. The third kappa shape index (κ3) is 3.35. The molecule has 1 saturated heterocycles. The molecule has 1 heterocycles. The van der Waals surface area contributed by atoms with Gasteiger partial charge in [-0.3, -0.25) is 9.69 Å². The summed E-state index contributed by atoms with van der Waals surface area (Å²) < 4.78 is 0. The second-order valence-corrected chi connectivity index (χ2v) is 6.92. The fourth-order valence-electron chi connectivity index (χ4n) is 3.79. The zero-order valence-corrected chi connectivity index (χ0v) is 14.0. The minimum absolute atomic E-state index is 0.200. The van der Waals surface area contributed by atoms with Crippen LogP contribution >= 0.6 is 0 Å². The third-order valence-corrected chi connectivity index (χ3v) is 5.45. The molecule has 1 aromatic rings. The van der Waals surface area contributed by atoms with Crippen LogP contribution in [0.5, 0.6) is 0 Å². The van der Waals surface area contributed by atoms with Crippen LogP contribution in [0, 0.1) is 13.8 Å². The van der Waals surface area contributed by atoms with Crippen LogP contribution in [0.2, 0.25) is 0 Å². The summed E-state index contributed by atoms with van der Waals surface area (Å²) in [6, 6.07) is 6.83. The summed E-state index contributed by atoms with van der Waals surface area (Å²) in [5.74, 6) is 0.200. The third-order valence-electron chi connectivity index (χ3n) is 5.45. The van der Waals surface area contributed by atoms with E-state index in [1.54, 1.807) is 0 Å². The fourth-order valence-corrected chi connectivity index (χ4v) is 3.79. The van der Waals surface area contributed by atoms with Crippen molar-refractivity contribution < 1.29 is 4.79 Å². The zero-order chi connectivity index (χ0) is 15.5. The maximum atomic E-state index is 12.7. The minimum atomic E-state index is 0.200. The maximum absolute atomic E-state index is 12.7. The van der Waals surface area contributed by atoms with E-state index in [-0.39, 0.29) is 5.91 Å². The molecular weight excluding hydrogens is 272 g/mol. The molecule has 22 heavy (non-hydrogen) atoms. The first kappa shape index (κ1) is 15.5. The van der Waals surface area contributed by atoms with E-state index in [0.717, 1.165) is 37.8 Å². The van der Waals surface area contributed by atoms with Crippen LogP contribution in [-0.4, -0.2) is 47.9 Å². The smallest absolute Gasteiger partial charge is 0.253 e. The average molecular weight is 300 g/mol. The number of carbonyl (C=O) groups is 1. The maximum Gasteiger partial charge on any atom is 0.253 e. The molecule has 2 fully saturated rings. The highest BCUT2D eigenvalue weighted by atomic mass is 16.2. The van der Waals surface area contributed by atoms with Gasteiger partial charge < -0.3 is 4.90 Å². The van der Waals surface area contributed by atoms with E-state index in [1.807, 2.05) is 17.0 Å². The van der Waals surface area contributed by atoms with Crippen LogP contribution in [0.1, 0.15) is 53.6 Å². The van der Waals surface area contributed by atoms with Crippen LogP contribution in [-0.2, 0) is 0 Å². The van der Waals surface area contributed by atoms with Crippen LogP contribution in [0.15, 0.2) is 18.2 Å². The quantitative estimate of drug-likeness (QED) is 0.836. The summed E-state index contributed by atoms with van der Waals surface area (Å²) in [6.07, 6.45) is 6.87. The Morgan fingerprint density at radius 3 is 2.27 bits per heavy atom. The molecule has 1 aliphatic heterocycles. The molecular formula is C19H28N2O. The molecule has 0 bridgehead atoms. The molecule has 3 rings (SSSR count). The van der Waals surface area contributed by atoms with Gasteiger partial charge in [-0.25, -0.2) is 0 Å². The zero-order valence-electron chi connectivity index (χ0n) is 14.0. The number of rotatable bonds is 2. The standard InChI is InChI=1S/C19H28N2O/c1-15-8-9-17(14-16(15)2)19(22)21-12-10-20(11-13-21)18-6-4-3-5-7-18/h8-9,14,18H,3-7,10-13H2,1-2H3. The number of carbonyl (C=O) groups excluding carboxylic acids is 1. The van der Waals surface area contributed by atoms with Gasteiger partial charge in [-0.1, -0.05) is 25.3 Å². The summed E-state index contributed by atoms with van der Waals surface area (Å²) in [4.78, 5) is 17.3. The summed E-state index contributed by atoms with van der Waals surface area (Å²) in [7, 11) is 0. The first-order valence-corrected chi connectivity index (χ1v) is 8.76. The molecule has 0 unspecified atom stereocenters. The van der Waals surface area contributed by atoms with E-state index < -0.39 is 0 Å². The number of benzene rings is 1. The number of amides is 1. The molecule has 1 aliphatic carbocycles. The number of aryl methyl sites for hydroxylation is 2. The van der Waals surface area contributed by atoms with Gasteiger partial charge in [-0.15, -0.1) is 0 Å². The molecule has 0 aromatic heterocycles. The first-order chi connectivity index (χ1) is 10.6. The molecule has 0 atom stereocenters. The highest BCUT2D eigenvalue weighted by Gasteiger charge is 2.27. The van der Waals surface area contributed by atoms with Crippen molar-refractivity contribution in [3.05, 3.63) is 34.9 Å². The number of piperazine rings is 1. The van der Waals surface area contributed by atoms with E-state index in [0.29, 0.717) is 0 Å². The lowest BCUT2D eigenvalue weighted by Gasteiger charge is -2.40. The molecule has 3 heteroatoms. The molecule has 0 spiro atoms. The van der Waals surface area contributed by atoms with Crippen LogP contribution in [0.3, 0.4) is 0 Å². The Hall–Kier alpha value is -1.35. The Bertz CT molecular complexity index is 526. The Morgan fingerprint density at radius 2 is 1.64 bits per heavy atom. The lowest BCUT2D eigenvalue weighted by atomic mass is 9.94. The van der Waals surface area contributed by atoms with Crippen LogP contribution in [0.25, 0.3) is 0 Å². The Balaban J connectivity index is 1.58. The van der Waals surface area contributed by atoms with Crippen molar-refractivity contribution in [3.8, 4) is 0 Å². The van der Waals surface area contributed by atoms with Gasteiger partial charge in [0.1, 0.15) is 0 Å². The van der Waals surface area contributed by atoms with Crippen molar-refractivity contribution in [2.24, 2.45) is 0 Å². The lowest BCUT2D eigenvalue weighted by Crippen LogP contribution is -2.52. The van der Waals surface area contributed by atoms with Gasteiger partial charge in [0.15, 0.2) is 0 Å². The van der Waals surface area contributed by atoms with Gasteiger partial charge in [0.25, 0.3) is 5.91 Å². The largest absolute Gasteiger partial charge is 0.336 e. The molecule has 1 aromatic carbocycles. The summed E-state index contributed by atoms with van der Waals surface area (Å²) in [5.41, 5.74) is 3.29. The molecule has 0 N–H and O–H groups in total. The van der Waals surface area contributed by atoms with Gasteiger partial charge >= 0.3 is 0 Å². The van der Waals surface area contributed by atoms with Crippen molar-refractivity contribution in [2.45, 2.75) is 52.0 Å². The van der Waals surface area contributed by atoms with E-state index >= 15 is 0 Å². The topological polar surface area (TPSA) is 23.6 Å². The van der Waals surface area contributed by atoms with Crippen molar-refractivity contribution in [3.63, 3.8) is 0 Å². The highest BCUT2D eigenvalue weighted by molar-refractivity contribution is 5.94. The predicted molar refractivity (Wildman–Crippen MR) is 90.3 cm³/mol. The Labute approximate surface area is 134 Å². The van der Waals surface area contributed by atoms with Gasteiger partial charge in [0.2, 0.25) is 0 Å². The van der Waals surface area contributed by atoms with Crippen molar-refractivity contribution >= 4 is 5.91 Å². The molecule has 1 saturated carbocycles. The van der Waals surface area contributed by atoms with Gasteiger partial charge in [-0.2, -0.15) is 0 Å². The number of hydrogen-bond acceptors (Lipinski definition) is 2. The van der Waals surface area contributed by atoms with Gasteiger partial charge in [0, 0.05) is 37.8 Å².